The van der Waals surface area contributed by atoms with Crippen molar-refractivity contribution < 1.29 is 9.90 Å². The molecule has 0 aromatic carbocycles. The number of aryl methyl sites for hydroxylation is 1. The summed E-state index contributed by atoms with van der Waals surface area (Å²) in [5, 5.41) is 15.2. The van der Waals surface area contributed by atoms with Crippen LogP contribution in [-0.2, 0) is 0 Å². The van der Waals surface area contributed by atoms with Crippen molar-refractivity contribution in [1.82, 2.24) is 15.3 Å². The smallest absolute Gasteiger partial charge is 0.267 e. The SMILES string of the molecule is CCC(CC)(CCO)CNC(=O)c1cc(-c2csc(C)n2)c[nH]1. The summed E-state index contributed by atoms with van der Waals surface area (Å²) in [5.74, 6) is -0.118. The number of H-pyrrole nitrogens is 1. The number of aromatic amines is 1. The number of carbonyl (C=O) groups is 1. The molecule has 0 saturated carbocycles. The maximum absolute atomic E-state index is 12.4. The minimum absolute atomic E-state index is 0.0359. The maximum Gasteiger partial charge on any atom is 0.267 e. The summed E-state index contributed by atoms with van der Waals surface area (Å²) in [6, 6.07) is 1.83. The van der Waals surface area contributed by atoms with E-state index in [2.05, 4.69) is 29.1 Å². The predicted octanol–water partition coefficient (Wildman–Crippen LogP) is 3.37. The zero-order chi connectivity index (χ0) is 16.9. The van der Waals surface area contributed by atoms with Crippen LogP contribution < -0.4 is 5.32 Å². The molecule has 0 bridgehead atoms. The molecule has 2 aromatic heterocycles. The molecule has 3 N–H and O–H groups in total. The van der Waals surface area contributed by atoms with Gasteiger partial charge in [-0.25, -0.2) is 4.98 Å². The van der Waals surface area contributed by atoms with E-state index in [1.807, 2.05) is 24.6 Å². The summed E-state index contributed by atoms with van der Waals surface area (Å²) in [6.07, 6.45) is 4.37. The number of carbonyl (C=O) groups excluding carboxylic acids is 1. The van der Waals surface area contributed by atoms with E-state index in [1.54, 1.807) is 11.3 Å². The lowest BCUT2D eigenvalue weighted by Gasteiger charge is -2.31. The quantitative estimate of drug-likeness (QED) is 0.692. The van der Waals surface area contributed by atoms with Gasteiger partial charge in [0.15, 0.2) is 0 Å². The van der Waals surface area contributed by atoms with E-state index >= 15 is 0 Å². The van der Waals surface area contributed by atoms with E-state index in [4.69, 9.17) is 0 Å². The van der Waals surface area contributed by atoms with Crippen molar-refractivity contribution in [1.29, 1.82) is 0 Å². The Kier molecular flexibility index (Phi) is 5.96. The molecule has 2 heterocycles. The number of hydrogen-bond acceptors (Lipinski definition) is 4. The highest BCUT2D eigenvalue weighted by molar-refractivity contribution is 7.09. The van der Waals surface area contributed by atoms with Gasteiger partial charge in [-0.1, -0.05) is 13.8 Å². The van der Waals surface area contributed by atoms with Gasteiger partial charge in [-0.05, 0) is 37.7 Å². The van der Waals surface area contributed by atoms with E-state index in [0.717, 1.165) is 29.1 Å². The molecule has 6 heteroatoms. The van der Waals surface area contributed by atoms with Gasteiger partial charge in [0.25, 0.3) is 5.91 Å². The van der Waals surface area contributed by atoms with Crippen molar-refractivity contribution in [2.45, 2.75) is 40.0 Å². The van der Waals surface area contributed by atoms with Crippen LogP contribution in [-0.4, -0.2) is 34.1 Å². The van der Waals surface area contributed by atoms with Crippen LogP contribution in [0.15, 0.2) is 17.6 Å². The van der Waals surface area contributed by atoms with Crippen molar-refractivity contribution in [3.8, 4) is 11.3 Å². The van der Waals surface area contributed by atoms with Gasteiger partial charge >= 0.3 is 0 Å². The molecule has 5 nitrogen and oxygen atoms in total. The van der Waals surface area contributed by atoms with Gasteiger partial charge in [0.1, 0.15) is 5.69 Å². The number of aliphatic hydroxyl groups excluding tert-OH is 1. The minimum atomic E-state index is -0.118. The summed E-state index contributed by atoms with van der Waals surface area (Å²) in [5.41, 5.74) is 2.31. The number of rotatable bonds is 8. The molecular weight excluding hydrogens is 310 g/mol. The molecule has 126 valence electrons. The van der Waals surface area contributed by atoms with Gasteiger partial charge in [-0.3, -0.25) is 4.79 Å². The molecule has 0 unspecified atom stereocenters. The van der Waals surface area contributed by atoms with Crippen molar-refractivity contribution in [3.63, 3.8) is 0 Å². The monoisotopic (exact) mass is 335 g/mol. The second kappa shape index (κ2) is 7.75. The normalized spacial score (nSPS) is 11.7. The summed E-state index contributed by atoms with van der Waals surface area (Å²) in [6.45, 7) is 6.88. The number of amides is 1. The Labute approximate surface area is 141 Å². The van der Waals surface area contributed by atoms with Crippen LogP contribution in [0.3, 0.4) is 0 Å². The lowest BCUT2D eigenvalue weighted by Crippen LogP contribution is -2.37. The predicted molar refractivity (Wildman–Crippen MR) is 93.7 cm³/mol. The number of nitrogens with zero attached hydrogens (tertiary/aromatic N) is 1. The molecule has 0 saturated heterocycles. The summed E-state index contributed by atoms with van der Waals surface area (Å²) in [4.78, 5) is 19.8. The number of thiazole rings is 1. The molecule has 0 aliphatic carbocycles. The molecule has 2 aromatic rings. The van der Waals surface area contributed by atoms with Crippen molar-refractivity contribution >= 4 is 17.2 Å². The van der Waals surface area contributed by atoms with Gasteiger partial charge < -0.3 is 15.4 Å². The average molecular weight is 335 g/mol. The van der Waals surface area contributed by atoms with Crippen molar-refractivity contribution in [3.05, 3.63) is 28.3 Å². The van der Waals surface area contributed by atoms with Crippen LogP contribution in [0.2, 0.25) is 0 Å². The lowest BCUT2D eigenvalue weighted by molar-refractivity contribution is 0.0903. The molecule has 2 rings (SSSR count). The Hall–Kier alpha value is -1.66. The lowest BCUT2D eigenvalue weighted by atomic mass is 9.79. The first-order valence-electron chi connectivity index (χ1n) is 8.03. The third-order valence-electron chi connectivity index (χ3n) is 4.61. The summed E-state index contributed by atoms with van der Waals surface area (Å²) < 4.78 is 0. The van der Waals surface area contributed by atoms with Crippen LogP contribution in [0.25, 0.3) is 11.3 Å². The van der Waals surface area contributed by atoms with Gasteiger partial charge in [0.2, 0.25) is 0 Å². The highest BCUT2D eigenvalue weighted by Crippen LogP contribution is 2.29. The standard InChI is InChI=1S/C17H25N3O2S/c1-4-17(5-2,6-7-21)11-19-16(22)14-8-13(9-18-14)15-10-23-12(3)20-15/h8-10,18,21H,4-7,11H2,1-3H3,(H,19,22). The third kappa shape index (κ3) is 4.20. The molecule has 0 atom stereocenters. The molecule has 0 fully saturated rings. The van der Waals surface area contributed by atoms with E-state index < -0.39 is 0 Å². The fourth-order valence-corrected chi connectivity index (χ4v) is 3.33. The fourth-order valence-electron chi connectivity index (χ4n) is 2.71. The topological polar surface area (TPSA) is 78.0 Å². The molecule has 1 amide bonds. The molecule has 0 aliphatic rings. The van der Waals surface area contributed by atoms with Crippen LogP contribution in [0.5, 0.6) is 0 Å². The number of hydrogen-bond donors (Lipinski definition) is 3. The van der Waals surface area contributed by atoms with Crippen LogP contribution in [0.4, 0.5) is 0 Å². The number of aliphatic hydroxyl groups is 1. The number of nitrogens with one attached hydrogen (secondary N) is 2. The minimum Gasteiger partial charge on any atom is -0.396 e. The Morgan fingerprint density at radius 3 is 2.74 bits per heavy atom. The second-order valence-corrected chi connectivity index (χ2v) is 6.98. The van der Waals surface area contributed by atoms with Crippen LogP contribution in [0.1, 0.15) is 48.6 Å². The largest absolute Gasteiger partial charge is 0.396 e. The first-order valence-corrected chi connectivity index (χ1v) is 8.91. The Balaban J connectivity index is 2.02. The molecule has 0 spiro atoms. The van der Waals surface area contributed by atoms with Gasteiger partial charge in [-0.2, -0.15) is 0 Å². The van der Waals surface area contributed by atoms with E-state index in [0.29, 0.717) is 18.7 Å². The second-order valence-electron chi connectivity index (χ2n) is 5.92. The van der Waals surface area contributed by atoms with Gasteiger partial charge in [0, 0.05) is 30.3 Å². The maximum atomic E-state index is 12.4. The zero-order valence-electron chi connectivity index (χ0n) is 14.0. The van der Waals surface area contributed by atoms with Crippen molar-refractivity contribution in [2.75, 3.05) is 13.2 Å². The van der Waals surface area contributed by atoms with Gasteiger partial charge in [-0.15, -0.1) is 11.3 Å². The fraction of sp³-hybridized carbons (Fsp3) is 0.529. The van der Waals surface area contributed by atoms with E-state index in [-0.39, 0.29) is 17.9 Å². The van der Waals surface area contributed by atoms with Gasteiger partial charge in [0.05, 0.1) is 10.7 Å². The highest BCUT2D eigenvalue weighted by atomic mass is 32.1. The highest BCUT2D eigenvalue weighted by Gasteiger charge is 2.26. The zero-order valence-corrected chi connectivity index (χ0v) is 14.8. The molecule has 23 heavy (non-hydrogen) atoms. The van der Waals surface area contributed by atoms with Crippen molar-refractivity contribution in [2.24, 2.45) is 5.41 Å². The third-order valence-corrected chi connectivity index (χ3v) is 5.38. The first-order chi connectivity index (χ1) is 11.0. The molecule has 0 aliphatic heterocycles. The summed E-state index contributed by atoms with van der Waals surface area (Å²) in [7, 11) is 0. The van der Waals surface area contributed by atoms with Crippen LogP contribution >= 0.6 is 11.3 Å². The Morgan fingerprint density at radius 1 is 1.43 bits per heavy atom. The molecule has 0 radical (unpaired) electrons. The average Bonchev–Trinajstić information content (AvgIpc) is 3.20. The van der Waals surface area contributed by atoms with E-state index in [1.165, 1.54) is 0 Å². The number of aromatic nitrogens is 2. The Bertz CT molecular complexity index is 644. The summed E-state index contributed by atoms with van der Waals surface area (Å²) >= 11 is 1.59. The van der Waals surface area contributed by atoms with Crippen LogP contribution in [0, 0.1) is 12.3 Å². The molecular formula is C17H25N3O2S. The first kappa shape index (κ1) is 17.7. The Morgan fingerprint density at radius 2 is 2.17 bits per heavy atom. The van der Waals surface area contributed by atoms with E-state index in [9.17, 15) is 9.90 Å².